The highest BCUT2D eigenvalue weighted by Gasteiger charge is 2.10. The van der Waals surface area contributed by atoms with Crippen molar-refractivity contribution in [2.45, 2.75) is 6.92 Å². The lowest BCUT2D eigenvalue weighted by Gasteiger charge is -2.08. The van der Waals surface area contributed by atoms with Gasteiger partial charge in [-0.05, 0) is 30.2 Å². The predicted octanol–water partition coefficient (Wildman–Crippen LogP) is 3.65. The van der Waals surface area contributed by atoms with Gasteiger partial charge >= 0.3 is 0 Å². The van der Waals surface area contributed by atoms with Crippen LogP contribution in [0.2, 0.25) is 0 Å². The highest BCUT2D eigenvalue weighted by Crippen LogP contribution is 2.25. The van der Waals surface area contributed by atoms with Crippen molar-refractivity contribution in [1.29, 1.82) is 0 Å². The summed E-state index contributed by atoms with van der Waals surface area (Å²) in [5, 5.41) is 3.71. The van der Waals surface area contributed by atoms with Crippen LogP contribution in [0.15, 0.2) is 60.8 Å². The number of nitrogens with one attached hydrogen (secondary N) is 1. The van der Waals surface area contributed by atoms with E-state index in [0.29, 0.717) is 12.1 Å². The second kappa shape index (κ2) is 5.75. The molecule has 3 heteroatoms. The van der Waals surface area contributed by atoms with Gasteiger partial charge in [-0.1, -0.05) is 42.5 Å². The Morgan fingerprint density at radius 3 is 2.62 bits per heavy atom. The summed E-state index contributed by atoms with van der Waals surface area (Å²) in [6.45, 7) is 2.53. The Kier molecular flexibility index (Phi) is 3.65. The third kappa shape index (κ3) is 2.63. The van der Waals surface area contributed by atoms with Crippen LogP contribution >= 0.6 is 0 Å². The van der Waals surface area contributed by atoms with Crippen molar-refractivity contribution in [2.75, 3.05) is 6.54 Å². The minimum atomic E-state index is -0.0580. The van der Waals surface area contributed by atoms with E-state index >= 15 is 0 Å². The fourth-order valence-corrected chi connectivity index (χ4v) is 2.41. The molecule has 3 aromatic rings. The molecule has 0 aliphatic rings. The second-order valence-electron chi connectivity index (χ2n) is 4.82. The standard InChI is InChI=1S/C18H16N2O/c1-2-19-18(21)16-10-11-20-17-12-14(8-9-15(16)17)13-6-4-3-5-7-13/h3-12H,2H2,1H3,(H,19,21). The molecule has 3 nitrogen and oxygen atoms in total. The molecule has 0 bridgehead atoms. The molecule has 2 aromatic carbocycles. The Morgan fingerprint density at radius 2 is 1.86 bits per heavy atom. The number of hydrogen-bond donors (Lipinski definition) is 1. The second-order valence-corrected chi connectivity index (χ2v) is 4.82. The van der Waals surface area contributed by atoms with E-state index in [1.807, 2.05) is 43.3 Å². The lowest BCUT2D eigenvalue weighted by molar-refractivity contribution is 0.0957. The summed E-state index contributed by atoms with van der Waals surface area (Å²) in [5.74, 6) is -0.0580. The van der Waals surface area contributed by atoms with Gasteiger partial charge in [0.2, 0.25) is 0 Å². The van der Waals surface area contributed by atoms with E-state index < -0.39 is 0 Å². The van der Waals surface area contributed by atoms with E-state index in [0.717, 1.165) is 22.0 Å². The van der Waals surface area contributed by atoms with Gasteiger partial charge in [-0.25, -0.2) is 0 Å². The number of fused-ring (bicyclic) bond motifs is 1. The van der Waals surface area contributed by atoms with Crippen molar-refractivity contribution in [3.8, 4) is 11.1 Å². The van der Waals surface area contributed by atoms with E-state index in [4.69, 9.17) is 0 Å². The number of nitrogens with zero attached hydrogens (tertiary/aromatic N) is 1. The van der Waals surface area contributed by atoms with Crippen molar-refractivity contribution in [3.63, 3.8) is 0 Å². The summed E-state index contributed by atoms with van der Waals surface area (Å²) in [7, 11) is 0. The summed E-state index contributed by atoms with van der Waals surface area (Å²) >= 11 is 0. The molecule has 0 spiro atoms. The lowest BCUT2D eigenvalue weighted by Crippen LogP contribution is -2.22. The maximum absolute atomic E-state index is 12.1. The van der Waals surface area contributed by atoms with Crippen LogP contribution in [0.4, 0.5) is 0 Å². The topological polar surface area (TPSA) is 42.0 Å². The quantitative estimate of drug-likeness (QED) is 0.793. The van der Waals surface area contributed by atoms with Gasteiger partial charge in [0.15, 0.2) is 0 Å². The summed E-state index contributed by atoms with van der Waals surface area (Å²) in [6, 6.07) is 17.9. The van der Waals surface area contributed by atoms with E-state index in [-0.39, 0.29) is 5.91 Å². The zero-order valence-corrected chi connectivity index (χ0v) is 11.8. The van der Waals surface area contributed by atoms with Gasteiger partial charge in [0.25, 0.3) is 5.91 Å². The molecule has 0 aliphatic carbocycles. The fourth-order valence-electron chi connectivity index (χ4n) is 2.41. The molecular weight excluding hydrogens is 260 g/mol. The van der Waals surface area contributed by atoms with Gasteiger partial charge in [0.1, 0.15) is 0 Å². The molecule has 104 valence electrons. The number of benzene rings is 2. The maximum atomic E-state index is 12.1. The largest absolute Gasteiger partial charge is 0.352 e. The fraction of sp³-hybridized carbons (Fsp3) is 0.111. The molecule has 0 fully saturated rings. The van der Waals surface area contributed by atoms with Gasteiger partial charge in [-0.3, -0.25) is 9.78 Å². The molecule has 0 radical (unpaired) electrons. The minimum Gasteiger partial charge on any atom is -0.352 e. The minimum absolute atomic E-state index is 0.0580. The van der Waals surface area contributed by atoms with Gasteiger partial charge in [-0.2, -0.15) is 0 Å². The lowest BCUT2D eigenvalue weighted by atomic mass is 10.0. The molecule has 0 saturated heterocycles. The molecular formula is C18H16N2O. The summed E-state index contributed by atoms with van der Waals surface area (Å²) in [6.07, 6.45) is 1.68. The Bertz CT molecular complexity index is 782. The van der Waals surface area contributed by atoms with Crippen LogP contribution in [0.3, 0.4) is 0 Å². The van der Waals surface area contributed by atoms with E-state index in [2.05, 4.69) is 22.4 Å². The van der Waals surface area contributed by atoms with Crippen LogP contribution in [-0.2, 0) is 0 Å². The molecule has 21 heavy (non-hydrogen) atoms. The number of rotatable bonds is 3. The highest BCUT2D eigenvalue weighted by atomic mass is 16.1. The van der Waals surface area contributed by atoms with E-state index in [1.54, 1.807) is 12.3 Å². The first kappa shape index (κ1) is 13.3. The Morgan fingerprint density at radius 1 is 1.05 bits per heavy atom. The molecule has 0 unspecified atom stereocenters. The third-order valence-corrected chi connectivity index (χ3v) is 3.43. The number of hydrogen-bond acceptors (Lipinski definition) is 2. The van der Waals surface area contributed by atoms with Crippen LogP contribution < -0.4 is 5.32 Å². The number of pyridine rings is 1. The molecule has 1 heterocycles. The third-order valence-electron chi connectivity index (χ3n) is 3.43. The Balaban J connectivity index is 2.10. The first-order chi connectivity index (χ1) is 10.3. The summed E-state index contributed by atoms with van der Waals surface area (Å²) < 4.78 is 0. The van der Waals surface area contributed by atoms with Crippen LogP contribution in [0.5, 0.6) is 0 Å². The van der Waals surface area contributed by atoms with Gasteiger partial charge in [0.05, 0.1) is 11.1 Å². The average molecular weight is 276 g/mol. The van der Waals surface area contributed by atoms with Crippen LogP contribution in [0.25, 0.3) is 22.0 Å². The highest BCUT2D eigenvalue weighted by molar-refractivity contribution is 6.06. The summed E-state index contributed by atoms with van der Waals surface area (Å²) in [4.78, 5) is 16.5. The zero-order valence-electron chi connectivity index (χ0n) is 11.8. The van der Waals surface area contributed by atoms with Crippen molar-refractivity contribution >= 4 is 16.8 Å². The number of amides is 1. The van der Waals surface area contributed by atoms with Gasteiger partial charge in [0, 0.05) is 18.1 Å². The molecule has 1 N–H and O–H groups in total. The van der Waals surface area contributed by atoms with Crippen LogP contribution in [0.1, 0.15) is 17.3 Å². The number of carbonyl (C=O) groups is 1. The van der Waals surface area contributed by atoms with Crippen LogP contribution in [0, 0.1) is 0 Å². The zero-order chi connectivity index (χ0) is 14.7. The monoisotopic (exact) mass is 276 g/mol. The van der Waals surface area contributed by atoms with Crippen molar-refractivity contribution < 1.29 is 4.79 Å². The molecule has 3 rings (SSSR count). The smallest absolute Gasteiger partial charge is 0.252 e. The molecule has 1 aromatic heterocycles. The molecule has 0 saturated carbocycles. The van der Waals surface area contributed by atoms with Crippen molar-refractivity contribution in [2.24, 2.45) is 0 Å². The summed E-state index contributed by atoms with van der Waals surface area (Å²) in [5.41, 5.74) is 3.75. The van der Waals surface area contributed by atoms with Crippen molar-refractivity contribution in [1.82, 2.24) is 10.3 Å². The maximum Gasteiger partial charge on any atom is 0.252 e. The first-order valence-electron chi connectivity index (χ1n) is 7.02. The average Bonchev–Trinajstić information content (AvgIpc) is 2.55. The van der Waals surface area contributed by atoms with Gasteiger partial charge in [-0.15, -0.1) is 0 Å². The number of carbonyl (C=O) groups excluding carboxylic acids is 1. The predicted molar refractivity (Wildman–Crippen MR) is 85.2 cm³/mol. The SMILES string of the molecule is CCNC(=O)c1ccnc2cc(-c3ccccc3)ccc12. The van der Waals surface area contributed by atoms with E-state index in [9.17, 15) is 4.79 Å². The number of aromatic nitrogens is 1. The van der Waals surface area contributed by atoms with Crippen molar-refractivity contribution in [3.05, 3.63) is 66.4 Å². The van der Waals surface area contributed by atoms with E-state index in [1.165, 1.54) is 0 Å². The first-order valence-corrected chi connectivity index (χ1v) is 7.02. The molecule has 1 amide bonds. The Hall–Kier alpha value is -2.68. The molecule has 0 atom stereocenters. The molecule has 0 aliphatic heterocycles. The normalized spacial score (nSPS) is 10.5. The van der Waals surface area contributed by atoms with Crippen LogP contribution in [-0.4, -0.2) is 17.4 Å². The Labute approximate surface area is 123 Å². The van der Waals surface area contributed by atoms with Gasteiger partial charge < -0.3 is 5.32 Å².